The van der Waals surface area contributed by atoms with Crippen molar-refractivity contribution in [3.63, 3.8) is 0 Å². The van der Waals surface area contributed by atoms with Gasteiger partial charge in [-0.25, -0.2) is 0 Å². The van der Waals surface area contributed by atoms with Gasteiger partial charge in [-0.05, 0) is 24.6 Å². The number of carbonyl (C=O) groups excluding carboxylic acids is 1. The van der Waals surface area contributed by atoms with E-state index in [1.54, 1.807) is 7.11 Å². The average molecular weight is 311 g/mol. The predicted molar refractivity (Wildman–Crippen MR) is 89.9 cm³/mol. The quantitative estimate of drug-likeness (QED) is 0.852. The fourth-order valence-electron chi connectivity index (χ4n) is 2.97. The Bertz CT molecular complexity index is 651. The summed E-state index contributed by atoms with van der Waals surface area (Å²) in [4.78, 5) is 14.9. The Hall–Kier alpha value is -2.33. The standard InChI is InChI=1S/C19H21NO3/c1-22-18-10-6-5-7-15(18)13-19(21)20(17-11-12-23-14-17)16-8-3-2-4-9-16/h2-10,17H,11-14H2,1H3. The van der Waals surface area contributed by atoms with E-state index >= 15 is 0 Å². The van der Waals surface area contributed by atoms with E-state index in [-0.39, 0.29) is 11.9 Å². The molecule has 23 heavy (non-hydrogen) atoms. The fraction of sp³-hybridized carbons (Fsp3) is 0.316. The second-order valence-corrected chi connectivity index (χ2v) is 5.61. The van der Waals surface area contributed by atoms with Crippen LogP contribution in [0.4, 0.5) is 5.69 Å². The first-order valence-electron chi connectivity index (χ1n) is 7.86. The van der Waals surface area contributed by atoms with Crippen molar-refractivity contribution in [3.8, 4) is 5.75 Å². The molecule has 4 nitrogen and oxygen atoms in total. The van der Waals surface area contributed by atoms with Gasteiger partial charge in [0.1, 0.15) is 5.75 Å². The zero-order chi connectivity index (χ0) is 16.1. The van der Waals surface area contributed by atoms with Crippen molar-refractivity contribution in [2.45, 2.75) is 18.9 Å². The molecule has 0 spiro atoms. The van der Waals surface area contributed by atoms with Gasteiger partial charge in [0.25, 0.3) is 0 Å². The monoisotopic (exact) mass is 311 g/mol. The number of methoxy groups -OCH3 is 1. The normalized spacial score (nSPS) is 17.0. The van der Waals surface area contributed by atoms with Gasteiger partial charge in [0.05, 0.1) is 26.2 Å². The Balaban J connectivity index is 1.86. The Morgan fingerprint density at radius 3 is 2.61 bits per heavy atom. The number of carbonyl (C=O) groups is 1. The second kappa shape index (κ2) is 7.29. The zero-order valence-electron chi connectivity index (χ0n) is 13.3. The van der Waals surface area contributed by atoms with Gasteiger partial charge in [-0.1, -0.05) is 36.4 Å². The topological polar surface area (TPSA) is 38.8 Å². The third-order valence-electron chi connectivity index (χ3n) is 4.11. The van der Waals surface area contributed by atoms with Gasteiger partial charge < -0.3 is 14.4 Å². The summed E-state index contributed by atoms with van der Waals surface area (Å²) in [5.41, 5.74) is 1.82. The lowest BCUT2D eigenvalue weighted by molar-refractivity contribution is -0.118. The predicted octanol–water partition coefficient (Wildman–Crippen LogP) is 3.06. The van der Waals surface area contributed by atoms with Crippen LogP contribution in [0.1, 0.15) is 12.0 Å². The van der Waals surface area contributed by atoms with E-state index in [0.29, 0.717) is 19.6 Å². The van der Waals surface area contributed by atoms with E-state index in [2.05, 4.69) is 0 Å². The number of amides is 1. The van der Waals surface area contributed by atoms with Crippen LogP contribution in [0.2, 0.25) is 0 Å². The lowest BCUT2D eigenvalue weighted by Crippen LogP contribution is -2.41. The van der Waals surface area contributed by atoms with Crippen LogP contribution < -0.4 is 9.64 Å². The number of benzene rings is 2. The maximum atomic E-state index is 13.0. The molecule has 1 saturated heterocycles. The molecule has 0 N–H and O–H groups in total. The molecule has 2 aromatic carbocycles. The third-order valence-corrected chi connectivity index (χ3v) is 4.11. The average Bonchev–Trinajstić information content (AvgIpc) is 3.10. The molecule has 1 atom stereocenters. The summed E-state index contributed by atoms with van der Waals surface area (Å²) < 4.78 is 10.8. The van der Waals surface area contributed by atoms with E-state index in [9.17, 15) is 4.79 Å². The highest BCUT2D eigenvalue weighted by molar-refractivity contribution is 5.95. The largest absolute Gasteiger partial charge is 0.496 e. The second-order valence-electron chi connectivity index (χ2n) is 5.61. The number of hydrogen-bond acceptors (Lipinski definition) is 3. The molecule has 120 valence electrons. The van der Waals surface area contributed by atoms with Crippen molar-refractivity contribution in [1.82, 2.24) is 0 Å². The highest BCUT2D eigenvalue weighted by Gasteiger charge is 2.29. The molecule has 1 fully saturated rings. The molecule has 1 aliphatic rings. The van der Waals surface area contributed by atoms with E-state index < -0.39 is 0 Å². The van der Waals surface area contributed by atoms with Crippen molar-refractivity contribution in [2.24, 2.45) is 0 Å². The molecule has 1 aliphatic heterocycles. The molecule has 1 amide bonds. The lowest BCUT2D eigenvalue weighted by Gasteiger charge is -2.28. The smallest absolute Gasteiger partial charge is 0.231 e. The Morgan fingerprint density at radius 2 is 1.91 bits per heavy atom. The maximum Gasteiger partial charge on any atom is 0.231 e. The van der Waals surface area contributed by atoms with Gasteiger partial charge in [-0.2, -0.15) is 0 Å². The minimum Gasteiger partial charge on any atom is -0.496 e. The minimum absolute atomic E-state index is 0.0659. The first-order valence-corrected chi connectivity index (χ1v) is 7.86. The fourth-order valence-corrected chi connectivity index (χ4v) is 2.97. The number of ether oxygens (including phenoxy) is 2. The van der Waals surface area contributed by atoms with E-state index in [1.807, 2.05) is 59.5 Å². The zero-order valence-corrected chi connectivity index (χ0v) is 13.3. The van der Waals surface area contributed by atoms with Gasteiger partial charge in [0, 0.05) is 17.9 Å². The van der Waals surface area contributed by atoms with Crippen LogP contribution in [0.5, 0.6) is 5.75 Å². The van der Waals surface area contributed by atoms with Crippen LogP contribution in [0.25, 0.3) is 0 Å². The summed E-state index contributed by atoms with van der Waals surface area (Å²) in [6.45, 7) is 1.29. The van der Waals surface area contributed by atoms with Crippen molar-refractivity contribution < 1.29 is 14.3 Å². The molecule has 3 rings (SSSR count). The molecule has 0 radical (unpaired) electrons. The SMILES string of the molecule is COc1ccccc1CC(=O)N(c1ccccc1)C1CCOC1. The number of anilines is 1. The van der Waals surface area contributed by atoms with Gasteiger partial charge in [-0.15, -0.1) is 0 Å². The molecule has 1 heterocycles. The van der Waals surface area contributed by atoms with Crippen molar-refractivity contribution >= 4 is 11.6 Å². The first-order chi connectivity index (χ1) is 11.3. The molecule has 4 heteroatoms. The number of para-hydroxylation sites is 2. The van der Waals surface area contributed by atoms with Crippen molar-refractivity contribution in [2.75, 3.05) is 25.2 Å². The molecule has 0 bridgehead atoms. The first kappa shape index (κ1) is 15.6. The Labute approximate surface area is 136 Å². The maximum absolute atomic E-state index is 13.0. The molecular weight excluding hydrogens is 290 g/mol. The summed E-state index contributed by atoms with van der Waals surface area (Å²) in [7, 11) is 1.63. The number of hydrogen-bond donors (Lipinski definition) is 0. The van der Waals surface area contributed by atoms with E-state index in [1.165, 1.54) is 0 Å². The van der Waals surface area contributed by atoms with Crippen LogP contribution in [0, 0.1) is 0 Å². The molecule has 0 aliphatic carbocycles. The van der Waals surface area contributed by atoms with Crippen molar-refractivity contribution in [3.05, 3.63) is 60.2 Å². The Morgan fingerprint density at radius 1 is 1.17 bits per heavy atom. The van der Waals surface area contributed by atoms with Gasteiger partial charge >= 0.3 is 0 Å². The van der Waals surface area contributed by atoms with E-state index in [0.717, 1.165) is 23.4 Å². The third kappa shape index (κ3) is 3.54. The molecule has 0 saturated carbocycles. The molecule has 2 aromatic rings. The van der Waals surface area contributed by atoms with Crippen LogP contribution in [0.15, 0.2) is 54.6 Å². The van der Waals surface area contributed by atoms with Crippen LogP contribution in [-0.4, -0.2) is 32.3 Å². The van der Waals surface area contributed by atoms with Gasteiger partial charge in [0.2, 0.25) is 5.91 Å². The lowest BCUT2D eigenvalue weighted by atomic mass is 10.1. The van der Waals surface area contributed by atoms with Gasteiger partial charge in [-0.3, -0.25) is 4.79 Å². The molecule has 0 aromatic heterocycles. The van der Waals surface area contributed by atoms with Crippen LogP contribution in [0.3, 0.4) is 0 Å². The molecular formula is C19H21NO3. The Kier molecular flexibility index (Phi) is 4.93. The highest BCUT2D eigenvalue weighted by Crippen LogP contribution is 2.25. The molecule has 1 unspecified atom stereocenters. The highest BCUT2D eigenvalue weighted by atomic mass is 16.5. The van der Waals surface area contributed by atoms with Crippen LogP contribution in [-0.2, 0) is 16.0 Å². The minimum atomic E-state index is 0.0659. The number of nitrogens with zero attached hydrogens (tertiary/aromatic N) is 1. The summed E-state index contributed by atoms with van der Waals surface area (Å²) in [6.07, 6.45) is 1.18. The summed E-state index contributed by atoms with van der Waals surface area (Å²) in [5, 5.41) is 0. The summed E-state index contributed by atoms with van der Waals surface area (Å²) in [6, 6.07) is 17.6. The van der Waals surface area contributed by atoms with Crippen LogP contribution >= 0.6 is 0 Å². The van der Waals surface area contributed by atoms with Gasteiger partial charge in [0.15, 0.2) is 0 Å². The summed E-state index contributed by atoms with van der Waals surface area (Å²) >= 11 is 0. The van der Waals surface area contributed by atoms with Crippen molar-refractivity contribution in [1.29, 1.82) is 0 Å². The number of rotatable bonds is 5. The summed E-state index contributed by atoms with van der Waals surface area (Å²) in [5.74, 6) is 0.813. The van der Waals surface area contributed by atoms with E-state index in [4.69, 9.17) is 9.47 Å².